The summed E-state index contributed by atoms with van der Waals surface area (Å²) < 4.78 is 38.0. The molecular weight excluding hydrogens is 255 g/mol. The first-order valence-electron chi connectivity index (χ1n) is 6.43. The van der Waals surface area contributed by atoms with Crippen molar-refractivity contribution in [3.8, 4) is 0 Å². The highest BCUT2D eigenvalue weighted by molar-refractivity contribution is 5.26. The summed E-state index contributed by atoms with van der Waals surface area (Å²) in [7, 11) is 0. The fourth-order valence-corrected chi connectivity index (χ4v) is 2.64. The van der Waals surface area contributed by atoms with Gasteiger partial charge in [0.25, 0.3) is 0 Å². The minimum Gasteiger partial charge on any atom is -0.396 e. The SMILES string of the molecule is OCC1(Cc2cccc(C(F)(F)F)c2)CCNCC1. The van der Waals surface area contributed by atoms with E-state index in [2.05, 4.69) is 5.32 Å². The zero-order chi connectivity index (χ0) is 13.9. The van der Waals surface area contributed by atoms with Crippen molar-refractivity contribution < 1.29 is 18.3 Å². The van der Waals surface area contributed by atoms with Crippen LogP contribution in [0.2, 0.25) is 0 Å². The highest BCUT2D eigenvalue weighted by Crippen LogP contribution is 2.34. The Hall–Kier alpha value is -1.07. The van der Waals surface area contributed by atoms with Crippen molar-refractivity contribution in [1.29, 1.82) is 0 Å². The van der Waals surface area contributed by atoms with Crippen LogP contribution in [0.3, 0.4) is 0 Å². The maximum atomic E-state index is 12.7. The molecule has 0 radical (unpaired) electrons. The Labute approximate surface area is 110 Å². The fourth-order valence-electron chi connectivity index (χ4n) is 2.64. The van der Waals surface area contributed by atoms with E-state index in [1.54, 1.807) is 6.07 Å². The van der Waals surface area contributed by atoms with Gasteiger partial charge in [0.2, 0.25) is 0 Å². The molecule has 1 aliphatic heterocycles. The van der Waals surface area contributed by atoms with Gasteiger partial charge in [-0.25, -0.2) is 0 Å². The van der Waals surface area contributed by atoms with Crippen LogP contribution in [0.4, 0.5) is 13.2 Å². The zero-order valence-corrected chi connectivity index (χ0v) is 10.6. The average molecular weight is 273 g/mol. The standard InChI is InChI=1S/C14H18F3NO/c15-14(16,17)12-3-1-2-11(8-12)9-13(10-19)4-6-18-7-5-13/h1-3,8,18-19H,4-7,9-10H2. The van der Waals surface area contributed by atoms with E-state index in [-0.39, 0.29) is 12.0 Å². The second-order valence-electron chi connectivity index (χ2n) is 5.28. The summed E-state index contributed by atoms with van der Waals surface area (Å²) in [6, 6.07) is 5.41. The highest BCUT2D eigenvalue weighted by atomic mass is 19.4. The number of benzene rings is 1. The number of nitrogens with one attached hydrogen (secondary N) is 1. The van der Waals surface area contributed by atoms with Gasteiger partial charge in [0.05, 0.1) is 5.56 Å². The molecule has 0 saturated carbocycles. The van der Waals surface area contributed by atoms with Gasteiger partial charge in [-0.2, -0.15) is 13.2 Å². The lowest BCUT2D eigenvalue weighted by atomic mass is 9.75. The molecule has 0 atom stereocenters. The predicted octanol–water partition coefficient (Wildman–Crippen LogP) is 2.61. The maximum absolute atomic E-state index is 12.7. The first-order chi connectivity index (χ1) is 8.95. The fraction of sp³-hybridized carbons (Fsp3) is 0.571. The van der Waals surface area contributed by atoms with E-state index in [4.69, 9.17) is 0 Å². The summed E-state index contributed by atoms with van der Waals surface area (Å²) >= 11 is 0. The molecule has 0 aromatic heterocycles. The third-order valence-electron chi connectivity index (χ3n) is 3.83. The first-order valence-corrected chi connectivity index (χ1v) is 6.43. The van der Waals surface area contributed by atoms with Crippen molar-refractivity contribution in [3.05, 3.63) is 35.4 Å². The largest absolute Gasteiger partial charge is 0.416 e. The lowest BCUT2D eigenvalue weighted by Gasteiger charge is -2.36. The van der Waals surface area contributed by atoms with Crippen LogP contribution in [0.1, 0.15) is 24.0 Å². The molecule has 1 saturated heterocycles. The van der Waals surface area contributed by atoms with Crippen LogP contribution in [0.5, 0.6) is 0 Å². The maximum Gasteiger partial charge on any atom is 0.416 e. The number of aliphatic hydroxyl groups is 1. The molecule has 0 spiro atoms. The molecule has 106 valence electrons. The van der Waals surface area contributed by atoms with E-state index in [9.17, 15) is 18.3 Å². The molecule has 1 fully saturated rings. The first kappa shape index (κ1) is 14.3. The molecular formula is C14H18F3NO. The van der Waals surface area contributed by atoms with E-state index in [1.165, 1.54) is 12.1 Å². The van der Waals surface area contributed by atoms with Crippen LogP contribution in [-0.4, -0.2) is 24.8 Å². The van der Waals surface area contributed by atoms with Gasteiger partial charge in [0.1, 0.15) is 0 Å². The molecule has 1 aliphatic rings. The van der Waals surface area contributed by atoms with Gasteiger partial charge < -0.3 is 10.4 Å². The van der Waals surface area contributed by atoms with E-state index < -0.39 is 11.7 Å². The zero-order valence-electron chi connectivity index (χ0n) is 10.6. The van der Waals surface area contributed by atoms with Gasteiger partial charge in [-0.15, -0.1) is 0 Å². The highest BCUT2D eigenvalue weighted by Gasteiger charge is 2.33. The molecule has 0 unspecified atom stereocenters. The van der Waals surface area contributed by atoms with E-state index >= 15 is 0 Å². The Bertz CT molecular complexity index is 425. The minimum absolute atomic E-state index is 0.0188. The summed E-state index contributed by atoms with van der Waals surface area (Å²) in [6.45, 7) is 1.63. The molecule has 0 aliphatic carbocycles. The number of alkyl halides is 3. The Balaban J connectivity index is 2.18. The summed E-state index contributed by atoms with van der Waals surface area (Å²) in [5.74, 6) is 0. The van der Waals surface area contributed by atoms with Crippen LogP contribution < -0.4 is 5.32 Å². The molecule has 0 bridgehead atoms. The van der Waals surface area contributed by atoms with Gasteiger partial charge in [-0.05, 0) is 49.4 Å². The number of rotatable bonds is 3. The molecule has 5 heteroatoms. The Morgan fingerprint density at radius 3 is 2.47 bits per heavy atom. The minimum atomic E-state index is -4.31. The molecule has 0 amide bonds. The summed E-state index contributed by atoms with van der Waals surface area (Å²) in [6.07, 6.45) is -2.23. The molecule has 2 N–H and O–H groups in total. The molecule has 2 nitrogen and oxygen atoms in total. The van der Waals surface area contributed by atoms with Crippen LogP contribution in [0.25, 0.3) is 0 Å². The van der Waals surface area contributed by atoms with Crippen LogP contribution in [0.15, 0.2) is 24.3 Å². The van der Waals surface area contributed by atoms with Crippen LogP contribution in [0, 0.1) is 5.41 Å². The lowest BCUT2D eigenvalue weighted by Crippen LogP contribution is -2.40. The normalized spacial score (nSPS) is 19.4. The van der Waals surface area contributed by atoms with Crippen molar-refractivity contribution in [1.82, 2.24) is 5.32 Å². The van der Waals surface area contributed by atoms with Crippen molar-refractivity contribution in [2.24, 2.45) is 5.41 Å². The van der Waals surface area contributed by atoms with Gasteiger partial charge in [0.15, 0.2) is 0 Å². The smallest absolute Gasteiger partial charge is 0.396 e. The van der Waals surface area contributed by atoms with Crippen molar-refractivity contribution in [3.63, 3.8) is 0 Å². The second-order valence-corrected chi connectivity index (χ2v) is 5.28. The Kier molecular flexibility index (Phi) is 4.16. The Morgan fingerprint density at radius 2 is 1.89 bits per heavy atom. The van der Waals surface area contributed by atoms with E-state index in [0.717, 1.165) is 32.0 Å². The monoisotopic (exact) mass is 273 g/mol. The molecule has 1 aromatic rings. The molecule has 1 aromatic carbocycles. The summed E-state index contributed by atoms with van der Waals surface area (Å²) in [5, 5.41) is 12.8. The van der Waals surface area contributed by atoms with Crippen molar-refractivity contribution in [2.75, 3.05) is 19.7 Å². The quantitative estimate of drug-likeness (QED) is 0.887. The summed E-state index contributed by atoms with van der Waals surface area (Å²) in [4.78, 5) is 0. The topological polar surface area (TPSA) is 32.3 Å². The lowest BCUT2D eigenvalue weighted by molar-refractivity contribution is -0.137. The number of piperidine rings is 1. The van der Waals surface area contributed by atoms with Gasteiger partial charge >= 0.3 is 6.18 Å². The number of hydrogen-bond acceptors (Lipinski definition) is 2. The average Bonchev–Trinajstić information content (AvgIpc) is 2.39. The third-order valence-corrected chi connectivity index (χ3v) is 3.83. The molecule has 19 heavy (non-hydrogen) atoms. The summed E-state index contributed by atoms with van der Waals surface area (Å²) in [5.41, 5.74) is -0.257. The second kappa shape index (κ2) is 5.51. The van der Waals surface area contributed by atoms with Gasteiger partial charge in [0, 0.05) is 6.61 Å². The van der Waals surface area contributed by atoms with E-state index in [1.807, 2.05) is 0 Å². The molecule has 2 rings (SSSR count). The third kappa shape index (κ3) is 3.48. The van der Waals surface area contributed by atoms with Crippen molar-refractivity contribution >= 4 is 0 Å². The van der Waals surface area contributed by atoms with Gasteiger partial charge in [-0.3, -0.25) is 0 Å². The van der Waals surface area contributed by atoms with Crippen LogP contribution in [-0.2, 0) is 12.6 Å². The predicted molar refractivity (Wildman–Crippen MR) is 66.8 cm³/mol. The van der Waals surface area contributed by atoms with Crippen molar-refractivity contribution in [2.45, 2.75) is 25.4 Å². The van der Waals surface area contributed by atoms with Gasteiger partial charge in [-0.1, -0.05) is 18.2 Å². The molecule has 1 heterocycles. The number of halogens is 3. The Morgan fingerprint density at radius 1 is 1.21 bits per heavy atom. The van der Waals surface area contributed by atoms with Crippen LogP contribution >= 0.6 is 0 Å². The van der Waals surface area contributed by atoms with E-state index in [0.29, 0.717) is 12.0 Å². The number of hydrogen-bond donors (Lipinski definition) is 2. The number of aliphatic hydroxyl groups excluding tert-OH is 1.